The number of carbonyl (C=O) groups is 1. The minimum Gasteiger partial charge on any atom is -0.350 e. The lowest BCUT2D eigenvalue weighted by molar-refractivity contribution is 0.104. The molecule has 19 heavy (non-hydrogen) atoms. The largest absolute Gasteiger partial charge is 0.350 e. The Balaban J connectivity index is 2.18. The molecule has 0 amide bonds. The van der Waals surface area contributed by atoms with Crippen LogP contribution in [0.4, 0.5) is 0 Å². The van der Waals surface area contributed by atoms with Crippen molar-refractivity contribution in [3.05, 3.63) is 55.8 Å². The maximum Gasteiger partial charge on any atom is 0.196 e. The van der Waals surface area contributed by atoms with Gasteiger partial charge in [-0.05, 0) is 34.1 Å². The first kappa shape index (κ1) is 12.9. The molecule has 1 aromatic carbocycles. The highest BCUT2D eigenvalue weighted by molar-refractivity contribution is 9.11. The van der Waals surface area contributed by atoms with Gasteiger partial charge in [-0.1, -0.05) is 17.7 Å². The van der Waals surface area contributed by atoms with Gasteiger partial charge in [-0.3, -0.25) is 4.79 Å². The molecule has 2 nitrogen and oxygen atoms in total. The van der Waals surface area contributed by atoms with Crippen LogP contribution in [0.25, 0.3) is 10.9 Å². The van der Waals surface area contributed by atoms with Gasteiger partial charge in [0.05, 0.1) is 3.79 Å². The van der Waals surface area contributed by atoms with Crippen LogP contribution < -0.4 is 0 Å². The van der Waals surface area contributed by atoms with Crippen molar-refractivity contribution in [3.8, 4) is 0 Å². The molecular formula is C14H9BrClNOS. The predicted octanol–water partition coefficient (Wildman–Crippen LogP) is 4.89. The Morgan fingerprint density at radius 3 is 2.84 bits per heavy atom. The molecule has 0 N–H and O–H groups in total. The molecule has 0 bridgehead atoms. The van der Waals surface area contributed by atoms with E-state index in [0.29, 0.717) is 16.1 Å². The van der Waals surface area contributed by atoms with E-state index in [4.69, 9.17) is 11.6 Å². The molecule has 96 valence electrons. The van der Waals surface area contributed by atoms with Crippen molar-refractivity contribution in [2.75, 3.05) is 0 Å². The minimum atomic E-state index is 0.0369. The number of rotatable bonds is 2. The number of carbonyl (C=O) groups excluding carboxylic acids is 1. The number of halogens is 2. The molecule has 0 spiro atoms. The number of hydrogen-bond acceptors (Lipinski definition) is 2. The van der Waals surface area contributed by atoms with Crippen LogP contribution >= 0.6 is 38.9 Å². The number of ketones is 1. The zero-order valence-electron chi connectivity index (χ0n) is 9.98. The van der Waals surface area contributed by atoms with Gasteiger partial charge in [0.15, 0.2) is 5.78 Å². The number of fused-ring (bicyclic) bond motifs is 1. The van der Waals surface area contributed by atoms with E-state index in [-0.39, 0.29) is 5.78 Å². The van der Waals surface area contributed by atoms with Crippen LogP contribution in [0.5, 0.6) is 0 Å². The standard InChI is InChI=1S/C14H9BrClNOS/c1-17-6-11(10-3-2-9(16)5-12(10)17)14(18)8-4-13(15)19-7-8/h2-7H,1H3. The van der Waals surface area contributed by atoms with E-state index in [1.165, 1.54) is 11.3 Å². The van der Waals surface area contributed by atoms with E-state index in [0.717, 1.165) is 14.7 Å². The van der Waals surface area contributed by atoms with E-state index in [9.17, 15) is 4.79 Å². The Hall–Kier alpha value is -1.10. The van der Waals surface area contributed by atoms with Crippen molar-refractivity contribution in [2.45, 2.75) is 0 Å². The molecule has 0 atom stereocenters. The highest BCUT2D eigenvalue weighted by Crippen LogP contribution is 2.28. The summed E-state index contributed by atoms with van der Waals surface area (Å²) < 4.78 is 2.88. The number of nitrogens with zero attached hydrogens (tertiary/aromatic N) is 1. The fourth-order valence-electron chi connectivity index (χ4n) is 2.12. The second kappa shape index (κ2) is 4.78. The molecule has 0 saturated heterocycles. The summed E-state index contributed by atoms with van der Waals surface area (Å²) in [7, 11) is 1.92. The molecule has 0 aliphatic rings. The van der Waals surface area contributed by atoms with E-state index in [2.05, 4.69) is 15.9 Å². The van der Waals surface area contributed by atoms with Crippen LogP contribution in [0.3, 0.4) is 0 Å². The molecule has 0 radical (unpaired) electrons. The highest BCUT2D eigenvalue weighted by Gasteiger charge is 2.17. The van der Waals surface area contributed by atoms with Crippen molar-refractivity contribution in [1.82, 2.24) is 4.57 Å². The molecule has 0 saturated carbocycles. The van der Waals surface area contributed by atoms with Crippen molar-refractivity contribution in [1.29, 1.82) is 0 Å². The van der Waals surface area contributed by atoms with Gasteiger partial charge in [0.25, 0.3) is 0 Å². The fraction of sp³-hybridized carbons (Fsp3) is 0.0714. The quantitative estimate of drug-likeness (QED) is 0.601. The van der Waals surface area contributed by atoms with Crippen LogP contribution in [-0.4, -0.2) is 10.4 Å². The first-order valence-electron chi connectivity index (χ1n) is 5.59. The number of aryl methyl sites for hydroxylation is 1. The Bertz CT molecular complexity index is 790. The van der Waals surface area contributed by atoms with E-state index in [1.807, 2.05) is 47.5 Å². The molecule has 5 heteroatoms. The monoisotopic (exact) mass is 353 g/mol. The molecule has 3 aromatic rings. The van der Waals surface area contributed by atoms with Gasteiger partial charge >= 0.3 is 0 Å². The third-order valence-electron chi connectivity index (χ3n) is 3.03. The zero-order chi connectivity index (χ0) is 13.6. The molecule has 0 unspecified atom stereocenters. The average molecular weight is 355 g/mol. The SMILES string of the molecule is Cn1cc(C(=O)c2csc(Br)c2)c2ccc(Cl)cc21. The molecule has 0 aliphatic heterocycles. The second-order valence-corrected chi connectivity index (χ2v) is 7.01. The first-order valence-corrected chi connectivity index (χ1v) is 7.64. The lowest BCUT2D eigenvalue weighted by Crippen LogP contribution is -1.98. The van der Waals surface area contributed by atoms with Crippen LogP contribution in [0, 0.1) is 0 Å². The predicted molar refractivity (Wildman–Crippen MR) is 83.4 cm³/mol. The summed E-state index contributed by atoms with van der Waals surface area (Å²) >= 11 is 10.9. The summed E-state index contributed by atoms with van der Waals surface area (Å²) in [6.45, 7) is 0. The van der Waals surface area contributed by atoms with Crippen molar-refractivity contribution < 1.29 is 4.79 Å². The van der Waals surface area contributed by atoms with Gasteiger partial charge in [-0.15, -0.1) is 11.3 Å². The molecular weight excluding hydrogens is 346 g/mol. The van der Waals surface area contributed by atoms with Crippen LogP contribution in [-0.2, 0) is 7.05 Å². The molecule has 0 fully saturated rings. The minimum absolute atomic E-state index is 0.0369. The second-order valence-electron chi connectivity index (χ2n) is 4.28. The number of thiophene rings is 1. The first-order chi connectivity index (χ1) is 9.06. The van der Waals surface area contributed by atoms with Gasteiger partial charge in [-0.25, -0.2) is 0 Å². The third-order valence-corrected chi connectivity index (χ3v) is 4.77. The van der Waals surface area contributed by atoms with Gasteiger partial charge < -0.3 is 4.57 Å². The van der Waals surface area contributed by atoms with Crippen molar-refractivity contribution >= 4 is 55.6 Å². The molecule has 3 rings (SSSR count). The zero-order valence-corrected chi connectivity index (χ0v) is 13.1. The Morgan fingerprint density at radius 1 is 1.37 bits per heavy atom. The van der Waals surface area contributed by atoms with Gasteiger partial charge in [0.1, 0.15) is 0 Å². The Morgan fingerprint density at radius 2 is 2.16 bits per heavy atom. The highest BCUT2D eigenvalue weighted by atomic mass is 79.9. The molecule has 2 aromatic heterocycles. The maximum atomic E-state index is 12.5. The summed E-state index contributed by atoms with van der Waals surface area (Å²) in [5, 5.41) is 3.46. The van der Waals surface area contributed by atoms with E-state index >= 15 is 0 Å². The summed E-state index contributed by atoms with van der Waals surface area (Å²) in [6, 6.07) is 7.43. The summed E-state index contributed by atoms with van der Waals surface area (Å²) in [6.07, 6.45) is 1.86. The van der Waals surface area contributed by atoms with Crippen LogP contribution in [0.1, 0.15) is 15.9 Å². The van der Waals surface area contributed by atoms with Crippen LogP contribution in [0.15, 0.2) is 39.6 Å². The van der Waals surface area contributed by atoms with Crippen LogP contribution in [0.2, 0.25) is 5.02 Å². The number of hydrogen-bond donors (Lipinski definition) is 0. The Kier molecular flexibility index (Phi) is 3.25. The lowest BCUT2D eigenvalue weighted by Gasteiger charge is -1.97. The molecule has 2 heterocycles. The fourth-order valence-corrected chi connectivity index (χ4v) is 3.43. The maximum absolute atomic E-state index is 12.5. The van der Waals surface area contributed by atoms with Gasteiger partial charge in [0, 0.05) is 45.7 Å². The lowest BCUT2D eigenvalue weighted by atomic mass is 10.1. The topological polar surface area (TPSA) is 22.0 Å². The third kappa shape index (κ3) is 2.24. The Labute approximate surface area is 127 Å². The molecule has 0 aliphatic carbocycles. The average Bonchev–Trinajstić information content (AvgIpc) is 2.94. The van der Waals surface area contributed by atoms with E-state index in [1.54, 1.807) is 0 Å². The van der Waals surface area contributed by atoms with Crippen molar-refractivity contribution in [2.24, 2.45) is 7.05 Å². The normalized spacial score (nSPS) is 11.1. The summed E-state index contributed by atoms with van der Waals surface area (Å²) in [4.78, 5) is 12.5. The number of aromatic nitrogens is 1. The van der Waals surface area contributed by atoms with Gasteiger partial charge in [0.2, 0.25) is 0 Å². The van der Waals surface area contributed by atoms with E-state index < -0.39 is 0 Å². The summed E-state index contributed by atoms with van der Waals surface area (Å²) in [5.41, 5.74) is 2.38. The van der Waals surface area contributed by atoms with Crippen molar-refractivity contribution in [3.63, 3.8) is 0 Å². The summed E-state index contributed by atoms with van der Waals surface area (Å²) in [5.74, 6) is 0.0369. The number of benzene rings is 1. The van der Waals surface area contributed by atoms with Gasteiger partial charge in [-0.2, -0.15) is 0 Å². The smallest absolute Gasteiger partial charge is 0.196 e.